The van der Waals surface area contributed by atoms with Crippen LogP contribution in [0.2, 0.25) is 0 Å². The zero-order valence-electron chi connectivity index (χ0n) is 14.7. The summed E-state index contributed by atoms with van der Waals surface area (Å²) >= 11 is 0. The van der Waals surface area contributed by atoms with Gasteiger partial charge in [0.25, 0.3) is 5.91 Å². The lowest BCUT2D eigenvalue weighted by Gasteiger charge is -2.32. The molecule has 0 aromatic heterocycles. The minimum atomic E-state index is -0.943. The van der Waals surface area contributed by atoms with Crippen molar-refractivity contribution < 1.29 is 14.3 Å². The molecular formula is C20H24N2O3. The Bertz CT molecular complexity index is 697. The second-order valence-corrected chi connectivity index (χ2v) is 6.57. The van der Waals surface area contributed by atoms with Gasteiger partial charge in [-0.25, -0.2) is 4.79 Å². The fourth-order valence-corrected chi connectivity index (χ4v) is 2.96. The van der Waals surface area contributed by atoms with Gasteiger partial charge in [0, 0.05) is 6.08 Å². The lowest BCUT2D eigenvalue weighted by molar-refractivity contribution is -0.150. The molecule has 1 saturated carbocycles. The number of hydrogen-bond acceptors (Lipinski definition) is 4. The Balaban J connectivity index is 1.89. The van der Waals surface area contributed by atoms with E-state index >= 15 is 0 Å². The van der Waals surface area contributed by atoms with E-state index in [4.69, 9.17) is 4.74 Å². The molecule has 132 valence electrons. The van der Waals surface area contributed by atoms with Crippen molar-refractivity contribution in [3.05, 3.63) is 41.5 Å². The number of rotatable bonds is 5. The molecule has 0 radical (unpaired) electrons. The highest BCUT2D eigenvalue weighted by Crippen LogP contribution is 2.27. The third-order valence-corrected chi connectivity index (χ3v) is 4.40. The lowest BCUT2D eigenvalue weighted by atomic mass is 9.83. The van der Waals surface area contributed by atoms with E-state index < -0.39 is 23.5 Å². The first-order chi connectivity index (χ1) is 11.9. The van der Waals surface area contributed by atoms with E-state index in [-0.39, 0.29) is 0 Å². The van der Waals surface area contributed by atoms with Crippen molar-refractivity contribution in [2.75, 3.05) is 0 Å². The van der Waals surface area contributed by atoms with E-state index in [0.717, 1.165) is 30.4 Å². The highest BCUT2D eigenvalue weighted by molar-refractivity contribution is 5.90. The van der Waals surface area contributed by atoms with E-state index in [1.807, 2.05) is 31.2 Å². The van der Waals surface area contributed by atoms with Crippen molar-refractivity contribution in [2.24, 2.45) is 0 Å². The van der Waals surface area contributed by atoms with Gasteiger partial charge in [-0.1, -0.05) is 49.1 Å². The smallest absolute Gasteiger partial charge is 0.331 e. The topological polar surface area (TPSA) is 79.2 Å². The van der Waals surface area contributed by atoms with E-state index in [2.05, 4.69) is 11.4 Å². The summed E-state index contributed by atoms with van der Waals surface area (Å²) in [4.78, 5) is 24.2. The number of nitrogens with zero attached hydrogens (tertiary/aromatic N) is 1. The van der Waals surface area contributed by atoms with Gasteiger partial charge < -0.3 is 10.1 Å². The first-order valence-electron chi connectivity index (χ1n) is 8.63. The quantitative estimate of drug-likeness (QED) is 0.659. The summed E-state index contributed by atoms with van der Waals surface area (Å²) in [7, 11) is 0. The maximum atomic E-state index is 12.3. The standard InChI is InChI=1S/C20H24N2O3/c1-15-7-6-8-17(13-15)9-10-18(23)25-16(2)19(24)22-20(14-21)11-4-3-5-12-20/h6-10,13,16H,3-5,11-12H2,1-2H3,(H,22,24)/b10-9+/t16-/m1/s1. The Kier molecular flexibility index (Phi) is 6.35. The Hall–Kier alpha value is -2.61. The molecule has 25 heavy (non-hydrogen) atoms. The molecule has 0 heterocycles. The monoisotopic (exact) mass is 340 g/mol. The Morgan fingerprint density at radius 1 is 1.32 bits per heavy atom. The summed E-state index contributed by atoms with van der Waals surface area (Å²) in [5, 5.41) is 12.2. The van der Waals surface area contributed by atoms with Crippen LogP contribution in [-0.2, 0) is 14.3 Å². The summed E-state index contributed by atoms with van der Waals surface area (Å²) in [6.45, 7) is 3.49. The SMILES string of the molecule is Cc1cccc(/C=C/C(=O)O[C@H](C)C(=O)NC2(C#N)CCCCC2)c1. The number of amides is 1. The molecule has 1 aromatic rings. The lowest BCUT2D eigenvalue weighted by Crippen LogP contribution is -2.52. The third kappa shape index (κ3) is 5.46. The minimum absolute atomic E-state index is 0.430. The average molecular weight is 340 g/mol. The molecule has 1 amide bonds. The number of benzene rings is 1. The second kappa shape index (κ2) is 8.48. The van der Waals surface area contributed by atoms with Crippen LogP contribution in [0.1, 0.15) is 50.2 Å². The highest BCUT2D eigenvalue weighted by atomic mass is 16.5. The minimum Gasteiger partial charge on any atom is -0.449 e. The van der Waals surface area contributed by atoms with Gasteiger partial charge in [0.15, 0.2) is 6.10 Å². The van der Waals surface area contributed by atoms with Crippen LogP contribution in [0.15, 0.2) is 30.3 Å². The molecule has 1 atom stereocenters. The van der Waals surface area contributed by atoms with Crippen molar-refractivity contribution in [3.63, 3.8) is 0 Å². The van der Waals surface area contributed by atoms with Gasteiger partial charge in [-0.2, -0.15) is 5.26 Å². The molecule has 1 fully saturated rings. The van der Waals surface area contributed by atoms with Crippen LogP contribution in [0.4, 0.5) is 0 Å². The zero-order valence-corrected chi connectivity index (χ0v) is 14.7. The predicted octanol–water partition coefficient (Wildman–Crippen LogP) is 3.28. The summed E-state index contributed by atoms with van der Waals surface area (Å²) in [5.74, 6) is -1.01. The van der Waals surface area contributed by atoms with Gasteiger partial charge in [-0.3, -0.25) is 4.79 Å². The molecule has 0 saturated heterocycles. The van der Waals surface area contributed by atoms with Crippen LogP contribution in [0.3, 0.4) is 0 Å². The fraction of sp³-hybridized carbons (Fsp3) is 0.450. The fourth-order valence-electron chi connectivity index (χ4n) is 2.96. The van der Waals surface area contributed by atoms with Gasteiger partial charge in [-0.15, -0.1) is 0 Å². The van der Waals surface area contributed by atoms with Crippen molar-refractivity contribution in [2.45, 2.75) is 57.6 Å². The van der Waals surface area contributed by atoms with Crippen LogP contribution < -0.4 is 5.32 Å². The second-order valence-electron chi connectivity index (χ2n) is 6.57. The van der Waals surface area contributed by atoms with Crippen LogP contribution in [0.5, 0.6) is 0 Å². The predicted molar refractivity (Wildman–Crippen MR) is 95.3 cm³/mol. The maximum absolute atomic E-state index is 12.3. The van der Waals surface area contributed by atoms with Crippen molar-refractivity contribution in [1.29, 1.82) is 5.26 Å². The molecule has 1 aliphatic carbocycles. The number of nitrogens with one attached hydrogen (secondary N) is 1. The molecule has 0 unspecified atom stereocenters. The molecule has 0 bridgehead atoms. The molecule has 5 heteroatoms. The van der Waals surface area contributed by atoms with Crippen molar-refractivity contribution >= 4 is 18.0 Å². The molecule has 1 aromatic carbocycles. The number of nitriles is 1. The van der Waals surface area contributed by atoms with E-state index in [1.165, 1.54) is 13.0 Å². The average Bonchev–Trinajstić information content (AvgIpc) is 2.60. The molecule has 1 aliphatic rings. The molecule has 1 N–H and O–H groups in total. The van der Waals surface area contributed by atoms with Gasteiger partial charge in [0.1, 0.15) is 5.54 Å². The zero-order chi connectivity index (χ0) is 18.3. The molecule has 5 nitrogen and oxygen atoms in total. The van der Waals surface area contributed by atoms with Gasteiger partial charge >= 0.3 is 5.97 Å². The highest BCUT2D eigenvalue weighted by Gasteiger charge is 2.35. The van der Waals surface area contributed by atoms with E-state index in [1.54, 1.807) is 6.08 Å². The number of aryl methyl sites for hydroxylation is 1. The van der Waals surface area contributed by atoms with Gasteiger partial charge in [-0.05, 0) is 38.3 Å². The Labute approximate surface area is 148 Å². The van der Waals surface area contributed by atoms with Crippen LogP contribution in [0.25, 0.3) is 6.08 Å². The Morgan fingerprint density at radius 2 is 2.04 bits per heavy atom. The molecule has 2 rings (SSSR count). The van der Waals surface area contributed by atoms with Crippen LogP contribution in [0, 0.1) is 18.3 Å². The summed E-state index contributed by atoms with van der Waals surface area (Å²) < 4.78 is 5.15. The van der Waals surface area contributed by atoms with Crippen LogP contribution >= 0.6 is 0 Å². The van der Waals surface area contributed by atoms with Crippen molar-refractivity contribution in [3.8, 4) is 6.07 Å². The maximum Gasteiger partial charge on any atom is 0.331 e. The largest absolute Gasteiger partial charge is 0.449 e. The van der Waals surface area contributed by atoms with Crippen molar-refractivity contribution in [1.82, 2.24) is 5.32 Å². The van der Waals surface area contributed by atoms with Crippen LogP contribution in [-0.4, -0.2) is 23.5 Å². The van der Waals surface area contributed by atoms with E-state index in [9.17, 15) is 14.9 Å². The number of ether oxygens (including phenoxy) is 1. The molecule has 0 aliphatic heterocycles. The van der Waals surface area contributed by atoms with Gasteiger partial charge in [0.2, 0.25) is 0 Å². The number of hydrogen-bond donors (Lipinski definition) is 1. The summed E-state index contributed by atoms with van der Waals surface area (Å²) in [5.41, 5.74) is 1.16. The first kappa shape index (κ1) is 18.7. The summed E-state index contributed by atoms with van der Waals surface area (Å²) in [6.07, 6.45) is 6.21. The number of esters is 1. The molecule has 0 spiro atoms. The molecular weight excluding hydrogens is 316 g/mol. The number of carbonyl (C=O) groups excluding carboxylic acids is 2. The normalized spacial score (nSPS) is 17.5. The summed E-state index contributed by atoms with van der Waals surface area (Å²) in [6, 6.07) is 9.92. The van der Waals surface area contributed by atoms with E-state index in [0.29, 0.717) is 12.8 Å². The number of carbonyl (C=O) groups is 2. The first-order valence-corrected chi connectivity index (χ1v) is 8.63. The Morgan fingerprint density at radius 3 is 2.68 bits per heavy atom. The third-order valence-electron chi connectivity index (χ3n) is 4.40. The van der Waals surface area contributed by atoms with Gasteiger partial charge in [0.05, 0.1) is 6.07 Å².